The second-order valence-electron chi connectivity index (χ2n) is 5.76. The zero-order valence-corrected chi connectivity index (χ0v) is 12.6. The van der Waals surface area contributed by atoms with Gasteiger partial charge in [0, 0.05) is 19.0 Å². The smallest absolute Gasteiger partial charge is 0.312 e. The third-order valence-electron chi connectivity index (χ3n) is 3.17. The van der Waals surface area contributed by atoms with Gasteiger partial charge in [-0.1, -0.05) is 32.0 Å². The predicted octanol–water partition coefficient (Wildman–Crippen LogP) is 4.84. The summed E-state index contributed by atoms with van der Waals surface area (Å²) in [4.78, 5) is 0. The summed E-state index contributed by atoms with van der Waals surface area (Å²) in [6.45, 7) is 5.44. The van der Waals surface area contributed by atoms with Crippen molar-refractivity contribution in [1.82, 2.24) is 5.32 Å². The highest BCUT2D eigenvalue weighted by Gasteiger charge is 2.30. The molecule has 0 saturated heterocycles. The largest absolute Gasteiger partial charge is 0.416 e. The molecular formula is C15H21ClF3N. The van der Waals surface area contributed by atoms with Gasteiger partial charge in [-0.2, -0.15) is 13.2 Å². The van der Waals surface area contributed by atoms with E-state index in [1.807, 2.05) is 0 Å². The topological polar surface area (TPSA) is 12.0 Å². The van der Waals surface area contributed by atoms with Crippen LogP contribution in [0.4, 0.5) is 13.2 Å². The van der Waals surface area contributed by atoms with Crippen molar-refractivity contribution in [2.75, 3.05) is 12.4 Å². The zero-order chi connectivity index (χ0) is 15.2. The molecule has 0 unspecified atom stereocenters. The Balaban J connectivity index is 2.50. The molecule has 114 valence electrons. The minimum atomic E-state index is -4.28. The van der Waals surface area contributed by atoms with Crippen LogP contribution in [0.5, 0.6) is 0 Å². The van der Waals surface area contributed by atoms with Crippen molar-refractivity contribution in [2.24, 2.45) is 5.41 Å². The molecule has 0 amide bonds. The maximum atomic E-state index is 12.6. The van der Waals surface area contributed by atoms with E-state index in [2.05, 4.69) is 19.2 Å². The van der Waals surface area contributed by atoms with Gasteiger partial charge in [0.15, 0.2) is 0 Å². The number of rotatable bonds is 7. The molecule has 0 atom stereocenters. The van der Waals surface area contributed by atoms with Crippen LogP contribution in [-0.2, 0) is 12.7 Å². The fourth-order valence-corrected chi connectivity index (χ4v) is 2.17. The molecule has 0 radical (unpaired) electrons. The Morgan fingerprint density at radius 3 is 2.50 bits per heavy atom. The van der Waals surface area contributed by atoms with E-state index < -0.39 is 11.7 Å². The lowest BCUT2D eigenvalue weighted by atomic mass is 9.88. The quantitative estimate of drug-likeness (QED) is 0.711. The van der Waals surface area contributed by atoms with E-state index in [-0.39, 0.29) is 5.41 Å². The van der Waals surface area contributed by atoms with Crippen LogP contribution in [0, 0.1) is 5.41 Å². The molecule has 1 rings (SSSR count). The van der Waals surface area contributed by atoms with Gasteiger partial charge in [-0.25, -0.2) is 0 Å². The zero-order valence-electron chi connectivity index (χ0n) is 11.9. The van der Waals surface area contributed by atoms with Crippen molar-refractivity contribution in [3.05, 3.63) is 35.4 Å². The minimum absolute atomic E-state index is 0.0938. The summed E-state index contributed by atoms with van der Waals surface area (Å²) in [7, 11) is 0. The summed E-state index contributed by atoms with van der Waals surface area (Å²) in [6.07, 6.45) is -2.35. The number of alkyl halides is 4. The van der Waals surface area contributed by atoms with Gasteiger partial charge in [-0.05, 0) is 29.9 Å². The van der Waals surface area contributed by atoms with E-state index in [1.54, 1.807) is 6.07 Å². The Morgan fingerprint density at radius 1 is 1.20 bits per heavy atom. The fraction of sp³-hybridized carbons (Fsp3) is 0.600. The highest BCUT2D eigenvalue weighted by Crippen LogP contribution is 2.29. The summed E-state index contributed by atoms with van der Waals surface area (Å²) in [5.41, 5.74) is 0.141. The van der Waals surface area contributed by atoms with E-state index in [0.29, 0.717) is 18.0 Å². The molecule has 1 aromatic rings. The molecule has 0 aliphatic carbocycles. The van der Waals surface area contributed by atoms with Crippen LogP contribution in [0.2, 0.25) is 0 Å². The van der Waals surface area contributed by atoms with Crippen LogP contribution in [0.25, 0.3) is 0 Å². The number of halogens is 4. The molecule has 0 aliphatic heterocycles. The Morgan fingerprint density at radius 2 is 1.90 bits per heavy atom. The average molecular weight is 308 g/mol. The minimum Gasteiger partial charge on any atom is -0.312 e. The number of nitrogens with one attached hydrogen (secondary N) is 1. The van der Waals surface area contributed by atoms with Crippen LogP contribution in [0.1, 0.15) is 37.8 Å². The molecule has 0 saturated carbocycles. The summed E-state index contributed by atoms with van der Waals surface area (Å²) < 4.78 is 37.8. The molecule has 0 heterocycles. The van der Waals surface area contributed by atoms with Crippen LogP contribution < -0.4 is 5.32 Å². The fourth-order valence-electron chi connectivity index (χ4n) is 2.04. The van der Waals surface area contributed by atoms with Crippen LogP contribution >= 0.6 is 11.6 Å². The molecule has 5 heteroatoms. The Hall–Kier alpha value is -0.740. The second-order valence-corrected chi connectivity index (χ2v) is 6.14. The Bertz CT molecular complexity index is 416. The van der Waals surface area contributed by atoms with Gasteiger partial charge in [0.05, 0.1) is 5.56 Å². The first kappa shape index (κ1) is 17.3. The van der Waals surface area contributed by atoms with Crippen molar-refractivity contribution in [1.29, 1.82) is 0 Å². The highest BCUT2D eigenvalue weighted by molar-refractivity contribution is 6.17. The van der Waals surface area contributed by atoms with Crippen LogP contribution in [0.3, 0.4) is 0 Å². The van der Waals surface area contributed by atoms with Gasteiger partial charge in [-0.15, -0.1) is 11.6 Å². The molecule has 0 aromatic heterocycles. The van der Waals surface area contributed by atoms with E-state index >= 15 is 0 Å². The Kier molecular flexibility index (Phi) is 6.34. The molecule has 1 aromatic carbocycles. The van der Waals surface area contributed by atoms with Crippen LogP contribution in [0.15, 0.2) is 24.3 Å². The van der Waals surface area contributed by atoms with Crippen LogP contribution in [-0.4, -0.2) is 12.4 Å². The maximum Gasteiger partial charge on any atom is 0.416 e. The van der Waals surface area contributed by atoms with Gasteiger partial charge in [-0.3, -0.25) is 0 Å². The Labute approximate surface area is 123 Å². The van der Waals surface area contributed by atoms with Gasteiger partial charge < -0.3 is 5.32 Å². The lowest BCUT2D eigenvalue weighted by Gasteiger charge is -2.24. The average Bonchev–Trinajstić information content (AvgIpc) is 2.36. The van der Waals surface area contributed by atoms with Crippen molar-refractivity contribution >= 4 is 11.6 Å². The summed E-state index contributed by atoms with van der Waals surface area (Å²) >= 11 is 5.67. The summed E-state index contributed by atoms with van der Waals surface area (Å²) in [6, 6.07) is 5.43. The second kappa shape index (κ2) is 7.32. The first-order valence-electron chi connectivity index (χ1n) is 6.67. The normalized spacial score (nSPS) is 12.7. The summed E-state index contributed by atoms with van der Waals surface area (Å²) in [5.74, 6) is 0.636. The first-order chi connectivity index (χ1) is 9.24. The lowest BCUT2D eigenvalue weighted by Crippen LogP contribution is -2.29. The molecular weight excluding hydrogens is 287 g/mol. The molecule has 0 fully saturated rings. The van der Waals surface area contributed by atoms with Crippen molar-refractivity contribution in [2.45, 2.75) is 39.4 Å². The molecule has 0 bridgehead atoms. The first-order valence-corrected chi connectivity index (χ1v) is 7.21. The van der Waals surface area contributed by atoms with Gasteiger partial charge in [0.25, 0.3) is 0 Å². The highest BCUT2D eigenvalue weighted by atomic mass is 35.5. The lowest BCUT2D eigenvalue weighted by molar-refractivity contribution is -0.137. The van der Waals surface area contributed by atoms with Gasteiger partial charge >= 0.3 is 6.18 Å². The molecule has 20 heavy (non-hydrogen) atoms. The molecule has 1 N–H and O–H groups in total. The third-order valence-corrected chi connectivity index (χ3v) is 3.44. The van der Waals surface area contributed by atoms with Gasteiger partial charge in [0.1, 0.15) is 0 Å². The summed E-state index contributed by atoms with van der Waals surface area (Å²) in [5, 5.41) is 3.22. The predicted molar refractivity (Wildman–Crippen MR) is 76.9 cm³/mol. The van der Waals surface area contributed by atoms with Crippen molar-refractivity contribution in [3.63, 3.8) is 0 Å². The standard InChI is InChI=1S/C15H21ClF3N/c1-14(2,7-4-8-16)11-20-10-12-5-3-6-13(9-12)15(17,18)19/h3,5-6,9,20H,4,7-8,10-11H2,1-2H3. The molecule has 1 nitrogen and oxygen atoms in total. The van der Waals surface area contributed by atoms with E-state index in [4.69, 9.17) is 11.6 Å². The third kappa shape index (κ3) is 6.14. The SMILES string of the molecule is CC(C)(CCCCl)CNCc1cccc(C(F)(F)F)c1. The number of hydrogen-bond donors (Lipinski definition) is 1. The number of hydrogen-bond acceptors (Lipinski definition) is 1. The molecule has 0 spiro atoms. The number of benzene rings is 1. The monoisotopic (exact) mass is 307 g/mol. The van der Waals surface area contributed by atoms with Crippen molar-refractivity contribution in [3.8, 4) is 0 Å². The van der Waals surface area contributed by atoms with Gasteiger partial charge in [0.2, 0.25) is 0 Å². The molecule has 0 aliphatic rings. The van der Waals surface area contributed by atoms with Crippen molar-refractivity contribution < 1.29 is 13.2 Å². The van der Waals surface area contributed by atoms with E-state index in [9.17, 15) is 13.2 Å². The maximum absolute atomic E-state index is 12.6. The van der Waals surface area contributed by atoms with E-state index in [0.717, 1.165) is 25.5 Å². The van der Waals surface area contributed by atoms with E-state index in [1.165, 1.54) is 12.1 Å².